The topological polar surface area (TPSA) is 39.1 Å². The van der Waals surface area contributed by atoms with E-state index in [2.05, 4.69) is 48.0 Å². The molecule has 0 radical (unpaired) electrons. The Hall–Kier alpha value is -1.81. The molecule has 0 saturated carbocycles. The van der Waals surface area contributed by atoms with Gasteiger partial charge in [-0.2, -0.15) is 5.10 Å². The van der Waals surface area contributed by atoms with E-state index in [1.807, 2.05) is 18.3 Å². The number of ether oxygens (including phenoxy) is 1. The number of benzene rings is 1. The molecule has 1 atom stereocenters. The smallest absolute Gasteiger partial charge is 0.122 e. The van der Waals surface area contributed by atoms with Gasteiger partial charge in [0.25, 0.3) is 0 Å². The van der Waals surface area contributed by atoms with Gasteiger partial charge in [0.05, 0.1) is 19.3 Å². The maximum absolute atomic E-state index is 5.76. The van der Waals surface area contributed by atoms with Crippen LogP contribution in [0.25, 0.3) is 0 Å². The molecule has 4 heteroatoms. The summed E-state index contributed by atoms with van der Waals surface area (Å²) in [4.78, 5) is 0. The number of nitrogens with zero attached hydrogens (tertiary/aromatic N) is 2. The van der Waals surface area contributed by atoms with Crippen molar-refractivity contribution in [2.75, 3.05) is 6.61 Å². The van der Waals surface area contributed by atoms with Crippen LogP contribution in [0.5, 0.6) is 5.75 Å². The van der Waals surface area contributed by atoms with Gasteiger partial charge in [-0.05, 0) is 13.0 Å². The Balaban J connectivity index is 1.72. The van der Waals surface area contributed by atoms with Crippen LogP contribution >= 0.6 is 0 Å². The van der Waals surface area contributed by atoms with E-state index in [4.69, 9.17) is 4.74 Å². The van der Waals surface area contributed by atoms with Crippen LogP contribution in [0.15, 0.2) is 30.5 Å². The Bertz CT molecular complexity index is 618. The van der Waals surface area contributed by atoms with Crippen LogP contribution in [0.1, 0.15) is 36.6 Å². The summed E-state index contributed by atoms with van der Waals surface area (Å²) in [5.74, 6) is 1.42. The zero-order valence-corrected chi connectivity index (χ0v) is 13.0. The minimum Gasteiger partial charge on any atom is -0.493 e. The van der Waals surface area contributed by atoms with E-state index >= 15 is 0 Å². The van der Waals surface area contributed by atoms with Gasteiger partial charge in [0.15, 0.2) is 0 Å². The summed E-state index contributed by atoms with van der Waals surface area (Å²) < 4.78 is 7.86. The van der Waals surface area contributed by atoms with Crippen molar-refractivity contribution in [1.82, 2.24) is 15.1 Å². The van der Waals surface area contributed by atoms with Gasteiger partial charge >= 0.3 is 0 Å². The first-order valence-corrected chi connectivity index (χ1v) is 7.61. The highest BCUT2D eigenvalue weighted by molar-refractivity contribution is 5.39. The van der Waals surface area contributed by atoms with E-state index in [0.717, 1.165) is 25.4 Å². The second kappa shape index (κ2) is 5.90. The van der Waals surface area contributed by atoms with Crippen LogP contribution in [-0.4, -0.2) is 22.4 Å². The Morgan fingerprint density at radius 1 is 1.38 bits per heavy atom. The first kappa shape index (κ1) is 14.1. The third kappa shape index (κ3) is 2.95. The van der Waals surface area contributed by atoms with Crippen LogP contribution in [0.2, 0.25) is 0 Å². The summed E-state index contributed by atoms with van der Waals surface area (Å²) in [5.41, 5.74) is 3.82. The number of nitrogens with one attached hydrogen (secondary N) is 1. The minimum atomic E-state index is 0.394. The van der Waals surface area contributed by atoms with Crippen LogP contribution in [0.4, 0.5) is 0 Å². The third-order valence-corrected chi connectivity index (χ3v) is 4.10. The fourth-order valence-corrected chi connectivity index (χ4v) is 2.75. The van der Waals surface area contributed by atoms with E-state index in [-0.39, 0.29) is 0 Å². The molecule has 21 heavy (non-hydrogen) atoms. The molecule has 4 nitrogen and oxygen atoms in total. The first-order valence-electron chi connectivity index (χ1n) is 7.61. The van der Waals surface area contributed by atoms with E-state index in [1.165, 1.54) is 16.8 Å². The Morgan fingerprint density at radius 2 is 2.19 bits per heavy atom. The molecule has 0 bridgehead atoms. The van der Waals surface area contributed by atoms with E-state index in [0.29, 0.717) is 12.0 Å². The standard InChI is InChI=1S/C17H23N3O/c1-12(2)18-8-14-9-19-20(13(14)3)10-15-11-21-17-7-5-4-6-16(15)17/h4-7,9,12,15,18H,8,10-11H2,1-3H3. The van der Waals surface area contributed by atoms with Crippen molar-refractivity contribution in [3.05, 3.63) is 47.3 Å². The SMILES string of the molecule is Cc1c(CNC(C)C)cnn1CC1COc2ccccc21. The van der Waals surface area contributed by atoms with Gasteiger partial charge in [0, 0.05) is 35.3 Å². The largest absolute Gasteiger partial charge is 0.493 e. The zero-order valence-electron chi connectivity index (χ0n) is 13.0. The molecule has 1 N–H and O–H groups in total. The average Bonchev–Trinajstić information content (AvgIpc) is 3.03. The van der Waals surface area contributed by atoms with Gasteiger partial charge < -0.3 is 10.1 Å². The molecule has 1 aromatic carbocycles. The van der Waals surface area contributed by atoms with Gasteiger partial charge in [0.2, 0.25) is 0 Å². The molecule has 1 aliphatic heterocycles. The molecule has 1 unspecified atom stereocenters. The van der Waals surface area contributed by atoms with Crippen molar-refractivity contribution in [1.29, 1.82) is 0 Å². The van der Waals surface area contributed by atoms with E-state index in [1.54, 1.807) is 0 Å². The summed E-state index contributed by atoms with van der Waals surface area (Å²) >= 11 is 0. The molecule has 0 amide bonds. The first-order chi connectivity index (χ1) is 10.1. The fraction of sp³-hybridized carbons (Fsp3) is 0.471. The Morgan fingerprint density at radius 3 is 3.00 bits per heavy atom. The van der Waals surface area contributed by atoms with Crippen LogP contribution < -0.4 is 10.1 Å². The highest BCUT2D eigenvalue weighted by Gasteiger charge is 2.24. The van der Waals surface area contributed by atoms with E-state index in [9.17, 15) is 0 Å². The highest BCUT2D eigenvalue weighted by atomic mass is 16.5. The van der Waals surface area contributed by atoms with Crippen LogP contribution in [-0.2, 0) is 13.1 Å². The molecule has 2 aromatic rings. The normalized spacial score (nSPS) is 17.0. The number of hydrogen-bond acceptors (Lipinski definition) is 3. The van der Waals surface area contributed by atoms with E-state index < -0.39 is 0 Å². The lowest BCUT2D eigenvalue weighted by atomic mass is 10.0. The molecular weight excluding hydrogens is 262 g/mol. The van der Waals surface area contributed by atoms with Crippen molar-refractivity contribution >= 4 is 0 Å². The molecule has 0 fully saturated rings. The Labute approximate surface area is 126 Å². The summed E-state index contributed by atoms with van der Waals surface area (Å²) in [6.07, 6.45) is 1.98. The maximum atomic E-state index is 5.76. The molecule has 2 heterocycles. The third-order valence-electron chi connectivity index (χ3n) is 4.10. The maximum Gasteiger partial charge on any atom is 0.122 e. The zero-order chi connectivity index (χ0) is 14.8. The van der Waals surface area contributed by atoms with Crippen molar-refractivity contribution in [2.45, 2.75) is 45.8 Å². The lowest BCUT2D eigenvalue weighted by Gasteiger charge is -2.12. The van der Waals surface area contributed by atoms with Crippen molar-refractivity contribution in [3.63, 3.8) is 0 Å². The van der Waals surface area contributed by atoms with Crippen molar-refractivity contribution < 1.29 is 4.74 Å². The number of para-hydroxylation sites is 1. The molecule has 0 aliphatic carbocycles. The van der Waals surface area contributed by atoms with Gasteiger partial charge in [0.1, 0.15) is 5.75 Å². The number of fused-ring (bicyclic) bond motifs is 1. The summed E-state index contributed by atoms with van der Waals surface area (Å²) in [6, 6.07) is 8.80. The molecule has 112 valence electrons. The second-order valence-electron chi connectivity index (χ2n) is 6.02. The number of aromatic nitrogens is 2. The average molecular weight is 285 g/mol. The predicted molar refractivity (Wildman–Crippen MR) is 83.6 cm³/mol. The highest BCUT2D eigenvalue weighted by Crippen LogP contribution is 2.34. The molecule has 0 spiro atoms. The lowest BCUT2D eigenvalue weighted by Crippen LogP contribution is -2.22. The molecule has 1 aromatic heterocycles. The molecule has 1 aliphatic rings. The quantitative estimate of drug-likeness (QED) is 0.918. The summed E-state index contributed by atoms with van der Waals surface area (Å²) in [6.45, 7) is 8.97. The second-order valence-corrected chi connectivity index (χ2v) is 6.02. The number of rotatable bonds is 5. The molecular formula is C17H23N3O. The van der Waals surface area contributed by atoms with Crippen molar-refractivity contribution in [3.8, 4) is 5.75 Å². The van der Waals surface area contributed by atoms with Crippen LogP contribution in [0, 0.1) is 6.92 Å². The predicted octanol–water partition coefficient (Wildman–Crippen LogP) is 2.87. The van der Waals surface area contributed by atoms with Crippen molar-refractivity contribution in [2.24, 2.45) is 0 Å². The Kier molecular flexibility index (Phi) is 3.97. The summed E-state index contributed by atoms with van der Waals surface area (Å²) in [7, 11) is 0. The number of hydrogen-bond donors (Lipinski definition) is 1. The molecule has 3 rings (SSSR count). The lowest BCUT2D eigenvalue weighted by molar-refractivity contribution is 0.314. The van der Waals surface area contributed by atoms with Crippen LogP contribution in [0.3, 0.4) is 0 Å². The molecule has 0 saturated heterocycles. The van der Waals surface area contributed by atoms with Gasteiger partial charge in [-0.15, -0.1) is 0 Å². The minimum absolute atomic E-state index is 0.394. The van der Waals surface area contributed by atoms with Gasteiger partial charge in [-0.25, -0.2) is 0 Å². The van der Waals surface area contributed by atoms with Gasteiger partial charge in [-0.1, -0.05) is 32.0 Å². The summed E-state index contributed by atoms with van der Waals surface area (Å²) in [5, 5.41) is 8.00. The van der Waals surface area contributed by atoms with Gasteiger partial charge in [-0.3, -0.25) is 4.68 Å². The monoisotopic (exact) mass is 285 g/mol. The fourth-order valence-electron chi connectivity index (χ4n) is 2.75.